The SMILES string of the molecule is CC(C)c1ccncc1-c1nnn(Cc2cccc([N+](=O)[O-])c2)n1. The molecule has 0 saturated heterocycles. The predicted octanol–water partition coefficient (Wildman–Crippen LogP) is 2.82. The van der Waals surface area contributed by atoms with E-state index in [4.69, 9.17) is 0 Å². The van der Waals surface area contributed by atoms with Crippen LogP contribution in [0.3, 0.4) is 0 Å². The van der Waals surface area contributed by atoms with E-state index in [1.807, 2.05) is 6.07 Å². The van der Waals surface area contributed by atoms with Crippen molar-refractivity contribution >= 4 is 5.69 Å². The van der Waals surface area contributed by atoms with Gasteiger partial charge in [-0.05, 0) is 28.3 Å². The molecule has 0 spiro atoms. The van der Waals surface area contributed by atoms with E-state index in [1.54, 1.807) is 24.5 Å². The van der Waals surface area contributed by atoms with Crippen LogP contribution in [0.4, 0.5) is 5.69 Å². The van der Waals surface area contributed by atoms with E-state index < -0.39 is 4.92 Å². The monoisotopic (exact) mass is 324 g/mol. The summed E-state index contributed by atoms with van der Waals surface area (Å²) in [6.07, 6.45) is 3.47. The maximum Gasteiger partial charge on any atom is 0.269 e. The number of hydrogen-bond acceptors (Lipinski definition) is 6. The van der Waals surface area contributed by atoms with Gasteiger partial charge in [0.1, 0.15) is 0 Å². The van der Waals surface area contributed by atoms with Crippen LogP contribution in [0.2, 0.25) is 0 Å². The fourth-order valence-electron chi connectivity index (χ4n) is 2.45. The highest BCUT2D eigenvalue weighted by molar-refractivity contribution is 5.58. The molecule has 0 bridgehead atoms. The molecule has 0 unspecified atom stereocenters. The zero-order chi connectivity index (χ0) is 17.1. The Morgan fingerprint density at radius 3 is 2.88 bits per heavy atom. The van der Waals surface area contributed by atoms with Crippen molar-refractivity contribution in [1.82, 2.24) is 25.2 Å². The van der Waals surface area contributed by atoms with E-state index in [-0.39, 0.29) is 5.69 Å². The summed E-state index contributed by atoms with van der Waals surface area (Å²) in [5, 5.41) is 23.4. The van der Waals surface area contributed by atoms with Crippen LogP contribution >= 0.6 is 0 Å². The van der Waals surface area contributed by atoms with Crippen LogP contribution in [0.15, 0.2) is 42.7 Å². The molecule has 8 heteroatoms. The Kier molecular flexibility index (Phi) is 4.28. The lowest BCUT2D eigenvalue weighted by Crippen LogP contribution is -2.04. The molecule has 0 aliphatic rings. The Bertz CT molecular complexity index is 874. The molecule has 0 amide bonds. The molecule has 0 radical (unpaired) electrons. The smallest absolute Gasteiger partial charge is 0.264 e. The number of nitro benzene ring substituents is 1. The maximum atomic E-state index is 10.8. The van der Waals surface area contributed by atoms with Gasteiger partial charge in [0.25, 0.3) is 5.69 Å². The summed E-state index contributed by atoms with van der Waals surface area (Å²) >= 11 is 0. The molecule has 24 heavy (non-hydrogen) atoms. The third-order valence-electron chi connectivity index (χ3n) is 3.62. The molecular weight excluding hydrogens is 308 g/mol. The predicted molar refractivity (Wildman–Crippen MR) is 87.3 cm³/mol. The van der Waals surface area contributed by atoms with E-state index in [9.17, 15) is 10.1 Å². The van der Waals surface area contributed by atoms with Crippen LogP contribution in [0.25, 0.3) is 11.4 Å². The topological polar surface area (TPSA) is 99.6 Å². The Morgan fingerprint density at radius 1 is 1.29 bits per heavy atom. The van der Waals surface area contributed by atoms with Gasteiger partial charge in [-0.25, -0.2) is 0 Å². The van der Waals surface area contributed by atoms with Gasteiger partial charge in [-0.1, -0.05) is 26.0 Å². The fourth-order valence-corrected chi connectivity index (χ4v) is 2.45. The van der Waals surface area contributed by atoms with Crippen LogP contribution in [0, 0.1) is 10.1 Å². The molecule has 0 fully saturated rings. The molecule has 0 aliphatic heterocycles. The van der Waals surface area contributed by atoms with E-state index in [2.05, 4.69) is 34.2 Å². The van der Waals surface area contributed by atoms with E-state index >= 15 is 0 Å². The van der Waals surface area contributed by atoms with Crippen LogP contribution in [-0.4, -0.2) is 30.1 Å². The first-order chi connectivity index (χ1) is 11.5. The van der Waals surface area contributed by atoms with Crippen molar-refractivity contribution in [3.8, 4) is 11.4 Å². The van der Waals surface area contributed by atoms with Gasteiger partial charge in [0.05, 0.1) is 11.5 Å². The number of benzene rings is 1. The van der Waals surface area contributed by atoms with Crippen molar-refractivity contribution < 1.29 is 4.92 Å². The molecule has 8 nitrogen and oxygen atoms in total. The summed E-state index contributed by atoms with van der Waals surface area (Å²) in [6.45, 7) is 4.49. The lowest BCUT2D eigenvalue weighted by atomic mass is 9.99. The molecule has 1 aromatic carbocycles. The molecule has 2 heterocycles. The normalized spacial score (nSPS) is 11.0. The van der Waals surface area contributed by atoms with E-state index in [0.717, 1.165) is 16.7 Å². The molecule has 0 aliphatic carbocycles. The second-order valence-corrected chi connectivity index (χ2v) is 5.69. The average Bonchev–Trinajstić information content (AvgIpc) is 3.03. The van der Waals surface area contributed by atoms with Crippen molar-refractivity contribution in [2.75, 3.05) is 0 Å². The van der Waals surface area contributed by atoms with Gasteiger partial charge < -0.3 is 0 Å². The quantitative estimate of drug-likeness (QED) is 0.528. The lowest BCUT2D eigenvalue weighted by Gasteiger charge is -2.08. The molecule has 122 valence electrons. The second-order valence-electron chi connectivity index (χ2n) is 5.69. The molecular formula is C16H16N6O2. The van der Waals surface area contributed by atoms with Crippen LogP contribution in [0.1, 0.15) is 30.9 Å². The van der Waals surface area contributed by atoms with Gasteiger partial charge in [0, 0.05) is 30.1 Å². The zero-order valence-corrected chi connectivity index (χ0v) is 13.3. The molecule has 0 saturated carbocycles. The second kappa shape index (κ2) is 6.53. The zero-order valence-electron chi connectivity index (χ0n) is 13.3. The van der Waals surface area contributed by atoms with Crippen molar-refractivity contribution in [2.45, 2.75) is 26.3 Å². The summed E-state index contributed by atoms with van der Waals surface area (Å²) in [4.78, 5) is 16.0. The highest BCUT2D eigenvalue weighted by atomic mass is 16.6. The molecule has 0 N–H and O–H groups in total. The number of non-ortho nitro benzene ring substituents is 1. The Hall–Kier alpha value is -3.16. The minimum Gasteiger partial charge on any atom is -0.264 e. The van der Waals surface area contributed by atoms with Gasteiger partial charge in [0.2, 0.25) is 5.82 Å². The largest absolute Gasteiger partial charge is 0.269 e. The number of aromatic nitrogens is 5. The number of hydrogen-bond donors (Lipinski definition) is 0. The molecule has 2 aromatic heterocycles. The summed E-state index contributed by atoms with van der Waals surface area (Å²) in [5.74, 6) is 0.809. The third kappa shape index (κ3) is 3.27. The van der Waals surface area contributed by atoms with Crippen LogP contribution < -0.4 is 0 Å². The van der Waals surface area contributed by atoms with Crippen molar-refractivity contribution in [2.24, 2.45) is 0 Å². The first-order valence-corrected chi connectivity index (χ1v) is 7.50. The lowest BCUT2D eigenvalue weighted by molar-refractivity contribution is -0.384. The minimum absolute atomic E-state index is 0.0437. The summed E-state index contributed by atoms with van der Waals surface area (Å²) in [7, 11) is 0. The summed E-state index contributed by atoms with van der Waals surface area (Å²) < 4.78 is 0. The summed E-state index contributed by atoms with van der Waals surface area (Å²) in [6, 6.07) is 8.34. The van der Waals surface area contributed by atoms with Crippen LogP contribution in [-0.2, 0) is 6.54 Å². The van der Waals surface area contributed by atoms with Gasteiger partial charge in [-0.3, -0.25) is 15.1 Å². The highest BCUT2D eigenvalue weighted by Crippen LogP contribution is 2.25. The average molecular weight is 324 g/mol. The fraction of sp³-hybridized carbons (Fsp3) is 0.250. The first-order valence-electron chi connectivity index (χ1n) is 7.50. The van der Waals surface area contributed by atoms with Gasteiger partial charge >= 0.3 is 0 Å². The highest BCUT2D eigenvalue weighted by Gasteiger charge is 2.14. The maximum absolute atomic E-state index is 10.8. The van der Waals surface area contributed by atoms with Crippen molar-refractivity contribution in [3.05, 3.63) is 64.0 Å². The Morgan fingerprint density at radius 2 is 2.12 bits per heavy atom. The van der Waals surface area contributed by atoms with Gasteiger partial charge in [0.15, 0.2) is 0 Å². The van der Waals surface area contributed by atoms with E-state index in [0.29, 0.717) is 18.3 Å². The minimum atomic E-state index is -0.422. The first kappa shape index (κ1) is 15.7. The Labute approximate surface area is 138 Å². The third-order valence-corrected chi connectivity index (χ3v) is 3.62. The van der Waals surface area contributed by atoms with Gasteiger partial charge in [-0.2, -0.15) is 4.80 Å². The van der Waals surface area contributed by atoms with E-state index in [1.165, 1.54) is 16.9 Å². The number of nitrogens with zero attached hydrogens (tertiary/aromatic N) is 6. The number of pyridine rings is 1. The standard InChI is InChI=1S/C16H16N6O2/c1-11(2)14-6-7-17-9-15(14)16-18-20-21(19-16)10-12-4-3-5-13(8-12)22(23)24/h3-9,11H,10H2,1-2H3. The van der Waals surface area contributed by atoms with Crippen molar-refractivity contribution in [3.63, 3.8) is 0 Å². The number of tetrazole rings is 1. The summed E-state index contributed by atoms with van der Waals surface area (Å²) in [5.41, 5.74) is 2.73. The molecule has 3 rings (SSSR count). The van der Waals surface area contributed by atoms with Crippen molar-refractivity contribution in [1.29, 1.82) is 0 Å². The molecule has 3 aromatic rings. The number of rotatable bonds is 5. The van der Waals surface area contributed by atoms with Crippen LogP contribution in [0.5, 0.6) is 0 Å². The number of nitro groups is 1. The molecule has 0 atom stereocenters. The Balaban J connectivity index is 1.87. The van der Waals surface area contributed by atoms with Gasteiger partial charge in [-0.15, -0.1) is 10.2 Å².